The fourth-order valence-electron chi connectivity index (χ4n) is 4.22. The molecule has 45 heavy (non-hydrogen) atoms. The van der Waals surface area contributed by atoms with Gasteiger partial charge in [0.2, 0.25) is 6.10 Å². The number of pyridine rings is 1. The fraction of sp³-hybridized carbons (Fsp3) is 0.208. The van der Waals surface area contributed by atoms with Crippen molar-refractivity contribution in [3.8, 4) is 0 Å². The lowest BCUT2D eigenvalue weighted by atomic mass is 10.0. The number of oxime groups is 1. The maximum absolute atomic E-state index is 13.4. The summed E-state index contributed by atoms with van der Waals surface area (Å²) in [6, 6.07) is 1.74. The van der Waals surface area contributed by atoms with Crippen LogP contribution < -0.4 is 16.6 Å². The molecule has 21 heteroatoms. The standard InChI is InChI=1S/C24H19N7O10S4/c25-24-27-10(7-44-24)12(29-41-15(22(39)40)8-2-1-3-26-4-8)17(33)28-13-18(34)31-14(21(37)38)9(5-42-19(13)31)6-43-23-11(20(35)36)16(32)30-45-23/h1-4,7,13,15,19H,5-6H2,(H2,25,27)(H,28,33)(H,30,32)(H,35,36)(H,37,38)(H,39,40)/b29-12+/t13-,15?,19-/m1/s1. The summed E-state index contributed by atoms with van der Waals surface area (Å²) in [7, 11) is 0. The zero-order valence-electron chi connectivity index (χ0n) is 22.2. The van der Waals surface area contributed by atoms with Gasteiger partial charge in [-0.25, -0.2) is 19.4 Å². The molecule has 2 aliphatic rings. The van der Waals surface area contributed by atoms with Crippen LogP contribution in [-0.4, -0.2) is 92.9 Å². The highest BCUT2D eigenvalue weighted by molar-refractivity contribution is 8.02. The van der Waals surface area contributed by atoms with Gasteiger partial charge in [-0.2, -0.15) is 0 Å². The van der Waals surface area contributed by atoms with Gasteiger partial charge >= 0.3 is 17.9 Å². The Morgan fingerprint density at radius 3 is 2.64 bits per heavy atom. The Kier molecular flexibility index (Phi) is 9.22. The number of rotatable bonds is 12. The van der Waals surface area contributed by atoms with Crippen LogP contribution in [0.4, 0.5) is 5.13 Å². The highest BCUT2D eigenvalue weighted by Crippen LogP contribution is 2.42. The number of thiazole rings is 1. The molecule has 0 spiro atoms. The van der Waals surface area contributed by atoms with Gasteiger partial charge in [0.1, 0.15) is 22.8 Å². The van der Waals surface area contributed by atoms with Crippen LogP contribution in [0.3, 0.4) is 0 Å². The maximum Gasteiger partial charge on any atom is 0.352 e. The number of carbonyl (C=O) groups is 5. The van der Waals surface area contributed by atoms with Gasteiger partial charge in [0, 0.05) is 34.8 Å². The van der Waals surface area contributed by atoms with Gasteiger partial charge in [0.15, 0.2) is 16.4 Å². The second-order valence-electron chi connectivity index (χ2n) is 9.03. The number of hydrogen-bond acceptors (Lipinski definition) is 15. The predicted molar refractivity (Wildman–Crippen MR) is 161 cm³/mol. The molecule has 3 aromatic heterocycles. The molecule has 3 atom stereocenters. The van der Waals surface area contributed by atoms with E-state index in [9.17, 15) is 44.1 Å². The van der Waals surface area contributed by atoms with Gasteiger partial charge in [-0.05, 0) is 11.6 Å². The average Bonchev–Trinajstić information content (AvgIpc) is 3.61. The molecular weight excluding hydrogens is 675 g/mol. The van der Waals surface area contributed by atoms with Crippen molar-refractivity contribution in [1.29, 1.82) is 0 Å². The molecular formula is C24H19N7O10S4. The normalized spacial score (nSPS) is 18.5. The zero-order valence-corrected chi connectivity index (χ0v) is 25.5. The van der Waals surface area contributed by atoms with E-state index in [2.05, 4.69) is 24.8 Å². The first kappa shape index (κ1) is 31.7. The molecule has 1 fully saturated rings. The first-order valence-corrected chi connectivity index (χ1v) is 16.1. The van der Waals surface area contributed by atoms with Gasteiger partial charge in [-0.1, -0.05) is 22.8 Å². The number of aromatic carboxylic acids is 1. The summed E-state index contributed by atoms with van der Waals surface area (Å²) in [5.74, 6) is -5.84. The summed E-state index contributed by atoms with van der Waals surface area (Å²) in [6.07, 6.45) is 1.05. The van der Waals surface area contributed by atoms with Gasteiger partial charge in [0.25, 0.3) is 17.4 Å². The number of nitrogens with zero attached hydrogens (tertiary/aromatic N) is 4. The molecule has 0 aliphatic carbocycles. The third-order valence-corrected chi connectivity index (χ3v) is 10.5. The van der Waals surface area contributed by atoms with Crippen LogP contribution in [0, 0.1) is 0 Å². The van der Waals surface area contributed by atoms with Crippen molar-refractivity contribution in [3.63, 3.8) is 0 Å². The summed E-state index contributed by atoms with van der Waals surface area (Å²) in [4.78, 5) is 88.0. The molecule has 5 heterocycles. The smallest absolute Gasteiger partial charge is 0.352 e. The topological polar surface area (TPSA) is 268 Å². The van der Waals surface area contributed by atoms with Crippen LogP contribution in [0.1, 0.15) is 27.7 Å². The Morgan fingerprint density at radius 1 is 1.24 bits per heavy atom. The van der Waals surface area contributed by atoms with E-state index in [1.165, 1.54) is 29.9 Å². The first-order valence-electron chi connectivity index (χ1n) is 12.3. The molecule has 2 amide bonds. The lowest BCUT2D eigenvalue weighted by Crippen LogP contribution is -2.71. The Bertz CT molecular complexity index is 1820. The summed E-state index contributed by atoms with van der Waals surface area (Å²) in [5.41, 5.74) is 4.09. The molecule has 0 radical (unpaired) electrons. The largest absolute Gasteiger partial charge is 0.478 e. The van der Waals surface area contributed by atoms with Crippen molar-refractivity contribution in [1.82, 2.24) is 24.6 Å². The van der Waals surface area contributed by atoms with E-state index in [1.54, 1.807) is 0 Å². The highest BCUT2D eigenvalue weighted by Gasteiger charge is 2.54. The SMILES string of the molecule is Nc1nc(/C(=N\OC(C(=O)O)c2cccnc2)C(=O)N[C@@H]2C(=O)N3C(C(=O)O)=C(CSc4s[nH]c(=O)c4C(=O)O)CS[C@H]23)cs1. The molecule has 7 N–H and O–H groups in total. The number of aliphatic carboxylic acids is 2. The number of aromatic amines is 1. The van der Waals surface area contributed by atoms with Crippen LogP contribution in [0.15, 0.2) is 55.3 Å². The van der Waals surface area contributed by atoms with Crippen LogP contribution >= 0.6 is 46.4 Å². The van der Waals surface area contributed by atoms with Gasteiger partial charge in [-0.15, -0.1) is 34.9 Å². The summed E-state index contributed by atoms with van der Waals surface area (Å²) in [6.45, 7) is 0. The third-order valence-electron chi connectivity index (χ3n) is 6.24. The average molecular weight is 694 g/mol. The molecule has 5 rings (SSSR count). The number of amides is 2. The second-order valence-corrected chi connectivity index (χ2v) is 13.1. The van der Waals surface area contributed by atoms with Gasteiger partial charge in [-0.3, -0.25) is 28.6 Å². The van der Waals surface area contributed by atoms with Gasteiger partial charge < -0.3 is 31.2 Å². The third kappa shape index (κ3) is 6.41. The number of nitrogens with two attached hydrogens (primary N) is 1. The Morgan fingerprint density at radius 2 is 2.02 bits per heavy atom. The number of β-lactam (4-membered cyclic amide) rings is 1. The van der Waals surface area contributed by atoms with Crippen molar-refractivity contribution in [3.05, 3.63) is 68.4 Å². The van der Waals surface area contributed by atoms with Crippen LogP contribution in [0.2, 0.25) is 0 Å². The minimum atomic E-state index is -1.63. The number of carbonyl (C=O) groups excluding carboxylic acids is 2. The molecule has 0 saturated carbocycles. The minimum absolute atomic E-state index is 0.0166. The second kappa shape index (κ2) is 13.1. The molecule has 1 unspecified atom stereocenters. The number of anilines is 1. The fourth-order valence-corrected chi connectivity index (χ4v) is 8.21. The van der Waals surface area contributed by atoms with Crippen LogP contribution in [0.5, 0.6) is 0 Å². The number of thioether (sulfide) groups is 2. The minimum Gasteiger partial charge on any atom is -0.478 e. The van der Waals surface area contributed by atoms with E-state index in [0.29, 0.717) is 5.57 Å². The molecule has 17 nitrogen and oxygen atoms in total. The summed E-state index contributed by atoms with van der Waals surface area (Å²) in [5, 5.41) is 35.8. The number of carboxylic acids is 3. The lowest BCUT2D eigenvalue weighted by Gasteiger charge is -2.49. The molecule has 1 saturated heterocycles. The molecule has 2 aliphatic heterocycles. The monoisotopic (exact) mass is 693 g/mol. The number of carboxylic acid groups (broad SMARTS) is 3. The van der Waals surface area contributed by atoms with E-state index in [0.717, 1.165) is 51.3 Å². The van der Waals surface area contributed by atoms with E-state index in [-0.39, 0.29) is 37.8 Å². The van der Waals surface area contributed by atoms with Crippen molar-refractivity contribution < 1.29 is 44.1 Å². The Balaban J connectivity index is 1.35. The number of fused-ring (bicyclic) bond motifs is 1. The van der Waals surface area contributed by atoms with E-state index >= 15 is 0 Å². The summed E-state index contributed by atoms with van der Waals surface area (Å²) >= 11 is 3.89. The zero-order chi connectivity index (χ0) is 32.4. The molecule has 0 bridgehead atoms. The van der Waals surface area contributed by atoms with Crippen LogP contribution in [-0.2, 0) is 24.0 Å². The van der Waals surface area contributed by atoms with Gasteiger partial charge in [0.05, 0.1) is 4.21 Å². The quantitative estimate of drug-likeness (QED) is 0.0658. The van der Waals surface area contributed by atoms with Crippen LogP contribution in [0.25, 0.3) is 0 Å². The number of hydrogen-bond donors (Lipinski definition) is 6. The number of nitrogens with one attached hydrogen (secondary N) is 2. The maximum atomic E-state index is 13.4. The summed E-state index contributed by atoms with van der Waals surface area (Å²) < 4.78 is 2.49. The van der Waals surface area contributed by atoms with E-state index in [4.69, 9.17) is 10.6 Å². The lowest BCUT2D eigenvalue weighted by molar-refractivity contribution is -0.151. The van der Waals surface area contributed by atoms with Crippen molar-refractivity contribution in [2.24, 2.45) is 5.16 Å². The van der Waals surface area contributed by atoms with E-state index < -0.39 is 64.1 Å². The predicted octanol–water partition coefficient (Wildman–Crippen LogP) is 0.646. The molecule has 0 aromatic carbocycles. The Labute approximate surface area is 267 Å². The molecule has 3 aromatic rings. The van der Waals surface area contributed by atoms with Crippen molar-refractivity contribution >= 4 is 87.0 Å². The first-order chi connectivity index (χ1) is 21.5. The van der Waals surface area contributed by atoms with Crippen molar-refractivity contribution in [2.45, 2.75) is 21.7 Å². The number of nitrogen functional groups attached to an aromatic ring is 1. The number of aromatic nitrogens is 3. The highest BCUT2D eigenvalue weighted by atomic mass is 32.2. The Hall–Kier alpha value is -4.73. The van der Waals surface area contributed by atoms with E-state index in [1.807, 2.05) is 0 Å². The van der Waals surface area contributed by atoms with Crippen molar-refractivity contribution in [2.75, 3.05) is 17.2 Å². The molecule has 234 valence electrons. The number of H-pyrrole nitrogens is 1.